The molecule has 1 aliphatic rings. The highest BCUT2D eigenvalue weighted by atomic mass is 32.2. The summed E-state index contributed by atoms with van der Waals surface area (Å²) in [7, 11) is -3.56. The maximum absolute atomic E-state index is 11.9. The molecule has 1 fully saturated rings. The molecule has 0 aromatic carbocycles. The van der Waals surface area contributed by atoms with E-state index in [-0.39, 0.29) is 30.3 Å². The van der Waals surface area contributed by atoms with E-state index >= 15 is 0 Å². The largest absolute Gasteiger partial charge is 0.324 e. The van der Waals surface area contributed by atoms with Gasteiger partial charge in [-0.25, -0.2) is 17.9 Å². The van der Waals surface area contributed by atoms with Crippen LogP contribution in [0.15, 0.2) is 23.1 Å². The summed E-state index contributed by atoms with van der Waals surface area (Å²) in [5.41, 5.74) is 0. The highest BCUT2D eigenvalue weighted by Gasteiger charge is 2.23. The SMILES string of the molecule is C/C=C\C(=C/C)S(=O)(=O)NCCN1CCC(=O)NC1=O. The highest BCUT2D eigenvalue weighted by Crippen LogP contribution is 2.06. The summed E-state index contributed by atoms with van der Waals surface area (Å²) in [6.45, 7) is 3.98. The maximum atomic E-state index is 11.9. The fourth-order valence-electron chi connectivity index (χ4n) is 1.72. The molecule has 0 spiro atoms. The molecule has 1 heterocycles. The van der Waals surface area contributed by atoms with E-state index in [1.807, 2.05) is 0 Å². The van der Waals surface area contributed by atoms with Crippen molar-refractivity contribution in [3.63, 3.8) is 0 Å². The Morgan fingerprint density at radius 1 is 1.40 bits per heavy atom. The molecule has 1 rings (SSSR count). The van der Waals surface area contributed by atoms with Crippen molar-refractivity contribution in [2.24, 2.45) is 0 Å². The Bertz CT molecular complexity index is 537. The van der Waals surface area contributed by atoms with E-state index in [0.29, 0.717) is 6.54 Å². The van der Waals surface area contributed by atoms with Gasteiger partial charge in [-0.15, -0.1) is 0 Å². The number of amides is 3. The molecule has 0 bridgehead atoms. The van der Waals surface area contributed by atoms with Crippen LogP contribution in [-0.2, 0) is 14.8 Å². The summed E-state index contributed by atoms with van der Waals surface area (Å²) in [5, 5.41) is 2.18. The van der Waals surface area contributed by atoms with Crippen LogP contribution < -0.4 is 10.0 Å². The summed E-state index contributed by atoms with van der Waals surface area (Å²) in [6, 6.07) is -0.486. The maximum Gasteiger partial charge on any atom is 0.324 e. The molecule has 0 saturated carbocycles. The van der Waals surface area contributed by atoms with E-state index in [1.165, 1.54) is 17.1 Å². The minimum Gasteiger partial charge on any atom is -0.323 e. The lowest BCUT2D eigenvalue weighted by Crippen LogP contribution is -2.51. The summed E-state index contributed by atoms with van der Waals surface area (Å²) >= 11 is 0. The fraction of sp³-hybridized carbons (Fsp3) is 0.500. The normalized spacial score (nSPS) is 17.7. The van der Waals surface area contributed by atoms with Crippen molar-refractivity contribution < 1.29 is 18.0 Å². The van der Waals surface area contributed by atoms with Gasteiger partial charge >= 0.3 is 6.03 Å². The number of nitrogens with zero attached hydrogens (tertiary/aromatic N) is 1. The third-order valence-corrected chi connectivity index (χ3v) is 4.32. The number of imide groups is 1. The van der Waals surface area contributed by atoms with Crippen molar-refractivity contribution in [1.82, 2.24) is 14.9 Å². The second-order valence-corrected chi connectivity index (χ2v) is 5.95. The van der Waals surface area contributed by atoms with Gasteiger partial charge in [-0.05, 0) is 19.9 Å². The molecule has 1 aliphatic heterocycles. The zero-order valence-corrected chi connectivity index (χ0v) is 12.4. The zero-order valence-electron chi connectivity index (χ0n) is 11.5. The molecule has 0 atom stereocenters. The molecular formula is C12H19N3O4S. The lowest BCUT2D eigenvalue weighted by Gasteiger charge is -2.26. The predicted molar refractivity (Wildman–Crippen MR) is 75.2 cm³/mol. The minimum absolute atomic E-state index is 0.0961. The van der Waals surface area contributed by atoms with Crippen LogP contribution in [0.25, 0.3) is 0 Å². The predicted octanol–water partition coefficient (Wildman–Crippen LogP) is 0.328. The van der Waals surface area contributed by atoms with Crippen molar-refractivity contribution in [1.29, 1.82) is 0 Å². The van der Waals surface area contributed by atoms with Crippen LogP contribution in [0.3, 0.4) is 0 Å². The van der Waals surface area contributed by atoms with Crippen LogP contribution in [0, 0.1) is 0 Å². The van der Waals surface area contributed by atoms with E-state index in [0.717, 1.165) is 0 Å². The number of rotatable bonds is 6. The third-order valence-electron chi connectivity index (χ3n) is 2.74. The van der Waals surface area contributed by atoms with Crippen molar-refractivity contribution in [2.75, 3.05) is 19.6 Å². The molecule has 7 nitrogen and oxygen atoms in total. The third kappa shape index (κ3) is 4.46. The molecule has 0 aromatic rings. The van der Waals surface area contributed by atoms with Crippen LogP contribution in [-0.4, -0.2) is 44.9 Å². The molecule has 0 radical (unpaired) electrons. The molecule has 0 aliphatic carbocycles. The second-order valence-electron chi connectivity index (χ2n) is 4.18. The Balaban J connectivity index is 2.52. The van der Waals surface area contributed by atoms with E-state index < -0.39 is 16.1 Å². The topological polar surface area (TPSA) is 95.6 Å². The van der Waals surface area contributed by atoms with Gasteiger partial charge in [0.15, 0.2) is 0 Å². The van der Waals surface area contributed by atoms with Gasteiger partial charge in [-0.1, -0.05) is 12.2 Å². The summed E-state index contributed by atoms with van der Waals surface area (Å²) in [5.74, 6) is -0.309. The van der Waals surface area contributed by atoms with E-state index in [2.05, 4.69) is 10.0 Å². The number of hydrogen-bond acceptors (Lipinski definition) is 4. The number of carbonyl (C=O) groups excluding carboxylic acids is 2. The molecule has 3 amide bonds. The van der Waals surface area contributed by atoms with Gasteiger partial charge in [0.25, 0.3) is 0 Å². The number of hydrogen-bond donors (Lipinski definition) is 2. The average Bonchev–Trinajstić information content (AvgIpc) is 2.38. The smallest absolute Gasteiger partial charge is 0.323 e. The quantitative estimate of drug-likeness (QED) is 0.691. The second kappa shape index (κ2) is 7.20. The molecule has 112 valence electrons. The molecule has 1 saturated heterocycles. The van der Waals surface area contributed by atoms with Crippen molar-refractivity contribution in [3.05, 3.63) is 23.1 Å². The summed E-state index contributed by atoms with van der Waals surface area (Å²) < 4.78 is 26.3. The molecule has 0 aromatic heterocycles. The number of urea groups is 1. The van der Waals surface area contributed by atoms with Crippen molar-refractivity contribution in [2.45, 2.75) is 20.3 Å². The Labute approximate surface area is 118 Å². The van der Waals surface area contributed by atoms with Gasteiger partial charge in [0, 0.05) is 26.1 Å². The zero-order chi connectivity index (χ0) is 15.2. The standard InChI is InChI=1S/C12H19N3O4S/c1-3-5-10(4-2)20(18,19)13-7-9-15-8-6-11(16)14-12(15)17/h3-5,13H,6-9H2,1-2H3,(H,14,16,17)/b5-3-,10-4+. The number of allylic oxidation sites excluding steroid dienone is 3. The molecular weight excluding hydrogens is 282 g/mol. The van der Waals surface area contributed by atoms with Crippen molar-refractivity contribution in [3.8, 4) is 0 Å². The van der Waals surface area contributed by atoms with Gasteiger partial charge in [0.2, 0.25) is 15.9 Å². The van der Waals surface area contributed by atoms with Crippen LogP contribution in [0.5, 0.6) is 0 Å². The number of carbonyl (C=O) groups is 2. The van der Waals surface area contributed by atoms with Crippen LogP contribution in [0.4, 0.5) is 4.79 Å². The first-order chi connectivity index (χ1) is 9.40. The summed E-state index contributed by atoms with van der Waals surface area (Å²) in [6.07, 6.45) is 4.86. The summed E-state index contributed by atoms with van der Waals surface area (Å²) in [4.78, 5) is 24.0. The number of nitrogens with one attached hydrogen (secondary N) is 2. The fourth-order valence-corrected chi connectivity index (χ4v) is 2.87. The molecule has 2 N–H and O–H groups in total. The molecule has 0 unspecified atom stereocenters. The van der Waals surface area contributed by atoms with E-state index in [1.54, 1.807) is 19.9 Å². The Kier molecular flexibility index (Phi) is 5.90. The van der Waals surface area contributed by atoms with Crippen LogP contribution in [0.2, 0.25) is 0 Å². The first kappa shape index (κ1) is 16.4. The van der Waals surface area contributed by atoms with E-state index in [4.69, 9.17) is 0 Å². The monoisotopic (exact) mass is 301 g/mol. The minimum atomic E-state index is -3.56. The Morgan fingerprint density at radius 2 is 2.10 bits per heavy atom. The van der Waals surface area contributed by atoms with Crippen LogP contribution in [0.1, 0.15) is 20.3 Å². The van der Waals surface area contributed by atoms with Gasteiger partial charge in [0.1, 0.15) is 0 Å². The highest BCUT2D eigenvalue weighted by molar-refractivity contribution is 7.93. The van der Waals surface area contributed by atoms with E-state index in [9.17, 15) is 18.0 Å². The van der Waals surface area contributed by atoms with Gasteiger partial charge in [-0.3, -0.25) is 10.1 Å². The molecule has 8 heteroatoms. The Morgan fingerprint density at radius 3 is 2.65 bits per heavy atom. The van der Waals surface area contributed by atoms with Crippen molar-refractivity contribution >= 4 is 22.0 Å². The van der Waals surface area contributed by atoms with Crippen LogP contribution >= 0.6 is 0 Å². The Hall–Kier alpha value is -1.67. The molecule has 20 heavy (non-hydrogen) atoms. The van der Waals surface area contributed by atoms with Gasteiger partial charge in [0.05, 0.1) is 4.91 Å². The lowest BCUT2D eigenvalue weighted by molar-refractivity contribution is -0.121. The number of sulfonamides is 1. The van der Waals surface area contributed by atoms with Gasteiger partial charge in [-0.2, -0.15) is 0 Å². The first-order valence-corrected chi connectivity index (χ1v) is 7.76. The van der Waals surface area contributed by atoms with Gasteiger partial charge < -0.3 is 4.90 Å². The first-order valence-electron chi connectivity index (χ1n) is 6.28. The average molecular weight is 301 g/mol. The lowest BCUT2D eigenvalue weighted by atomic mass is 10.3.